The van der Waals surface area contributed by atoms with Crippen molar-refractivity contribution in [3.63, 3.8) is 0 Å². The molecule has 2 rings (SSSR count). The normalized spacial score (nSPS) is 13.6. The SMILES string of the molecule is CC[C@H](C(=O)N[C@H](CC)c1ccc(C)cc1C)N(c1ccc(C)cc1)S(C)(=O)=O. The highest BCUT2D eigenvalue weighted by atomic mass is 32.2. The van der Waals surface area contributed by atoms with Crippen molar-refractivity contribution in [3.8, 4) is 0 Å². The Morgan fingerprint density at radius 1 is 0.966 bits per heavy atom. The Balaban J connectivity index is 2.36. The minimum atomic E-state index is -3.64. The molecule has 0 bridgehead atoms. The fraction of sp³-hybridized carbons (Fsp3) is 0.435. The van der Waals surface area contributed by atoms with Gasteiger partial charge in [0.15, 0.2) is 0 Å². The van der Waals surface area contributed by atoms with Crippen molar-refractivity contribution in [2.45, 2.75) is 59.5 Å². The third kappa shape index (κ3) is 5.60. The highest BCUT2D eigenvalue weighted by Gasteiger charge is 2.32. The summed E-state index contributed by atoms with van der Waals surface area (Å²) < 4.78 is 26.4. The maximum Gasteiger partial charge on any atom is 0.244 e. The molecule has 6 heteroatoms. The summed E-state index contributed by atoms with van der Waals surface area (Å²) in [7, 11) is -3.64. The van der Waals surface area contributed by atoms with Crippen LogP contribution in [-0.2, 0) is 14.8 Å². The number of benzene rings is 2. The molecular formula is C23H32N2O3S. The molecule has 5 nitrogen and oxygen atoms in total. The van der Waals surface area contributed by atoms with Gasteiger partial charge in [0, 0.05) is 0 Å². The Morgan fingerprint density at radius 2 is 1.55 bits per heavy atom. The Labute approximate surface area is 175 Å². The van der Waals surface area contributed by atoms with E-state index in [2.05, 4.69) is 11.4 Å². The predicted molar refractivity (Wildman–Crippen MR) is 120 cm³/mol. The smallest absolute Gasteiger partial charge is 0.244 e. The number of carbonyl (C=O) groups excluding carboxylic acids is 1. The minimum absolute atomic E-state index is 0.170. The molecule has 0 radical (unpaired) electrons. The summed E-state index contributed by atoms with van der Waals surface area (Å²) in [6.45, 7) is 9.85. The summed E-state index contributed by atoms with van der Waals surface area (Å²) >= 11 is 0. The zero-order valence-electron chi connectivity index (χ0n) is 18.2. The highest BCUT2D eigenvalue weighted by molar-refractivity contribution is 7.92. The third-order valence-corrected chi connectivity index (χ3v) is 6.32. The lowest BCUT2D eigenvalue weighted by atomic mass is 9.97. The molecule has 1 amide bonds. The first-order chi connectivity index (χ1) is 13.6. The van der Waals surface area contributed by atoms with E-state index in [1.165, 1.54) is 9.87 Å². The van der Waals surface area contributed by atoms with Crippen LogP contribution in [-0.4, -0.2) is 26.6 Å². The topological polar surface area (TPSA) is 66.5 Å². The molecule has 29 heavy (non-hydrogen) atoms. The van der Waals surface area contributed by atoms with Crippen LogP contribution in [0.2, 0.25) is 0 Å². The summed E-state index contributed by atoms with van der Waals surface area (Å²) in [5.41, 5.74) is 4.87. The van der Waals surface area contributed by atoms with Crippen LogP contribution < -0.4 is 9.62 Å². The summed E-state index contributed by atoms with van der Waals surface area (Å²) in [6, 6.07) is 12.4. The molecule has 1 N–H and O–H groups in total. The van der Waals surface area contributed by atoms with Crippen molar-refractivity contribution in [1.29, 1.82) is 0 Å². The second-order valence-electron chi connectivity index (χ2n) is 7.65. The van der Waals surface area contributed by atoms with E-state index in [0.717, 1.165) is 29.4 Å². The number of carbonyl (C=O) groups is 1. The van der Waals surface area contributed by atoms with E-state index in [0.29, 0.717) is 12.1 Å². The number of rotatable bonds is 8. The minimum Gasteiger partial charge on any atom is -0.347 e. The largest absolute Gasteiger partial charge is 0.347 e. The summed E-state index contributed by atoms with van der Waals surface area (Å²) in [6.07, 6.45) is 2.23. The average molecular weight is 417 g/mol. The number of hydrogen-bond acceptors (Lipinski definition) is 3. The molecule has 158 valence electrons. The summed E-state index contributed by atoms with van der Waals surface area (Å²) in [5, 5.41) is 3.08. The molecule has 0 spiro atoms. The number of amides is 1. The monoisotopic (exact) mass is 416 g/mol. The fourth-order valence-corrected chi connectivity index (χ4v) is 4.85. The maximum absolute atomic E-state index is 13.2. The van der Waals surface area contributed by atoms with Crippen molar-refractivity contribution >= 4 is 21.6 Å². The second kappa shape index (κ2) is 9.44. The van der Waals surface area contributed by atoms with Crippen LogP contribution in [0.25, 0.3) is 0 Å². The van der Waals surface area contributed by atoms with Gasteiger partial charge in [0.2, 0.25) is 15.9 Å². The summed E-state index contributed by atoms with van der Waals surface area (Å²) in [5.74, 6) is -0.287. The van der Waals surface area contributed by atoms with E-state index >= 15 is 0 Å². The molecule has 2 aromatic rings. The highest BCUT2D eigenvalue weighted by Crippen LogP contribution is 2.25. The fourth-order valence-electron chi connectivity index (χ4n) is 3.64. The van der Waals surface area contributed by atoms with Crippen molar-refractivity contribution in [1.82, 2.24) is 5.32 Å². The average Bonchev–Trinajstić information content (AvgIpc) is 2.64. The first-order valence-electron chi connectivity index (χ1n) is 10.0. The van der Waals surface area contributed by atoms with Crippen LogP contribution in [0.5, 0.6) is 0 Å². The molecule has 0 aromatic heterocycles. The van der Waals surface area contributed by atoms with Crippen molar-refractivity contribution in [2.75, 3.05) is 10.6 Å². The van der Waals surface area contributed by atoms with E-state index in [4.69, 9.17) is 0 Å². The van der Waals surface area contributed by atoms with Crippen LogP contribution in [0.4, 0.5) is 5.69 Å². The van der Waals surface area contributed by atoms with Gasteiger partial charge in [0.25, 0.3) is 0 Å². The standard InChI is InChI=1S/C23H32N2O3S/c1-7-21(20-14-11-17(4)15-18(20)5)24-23(26)22(8-2)25(29(6,27)28)19-12-9-16(3)10-13-19/h9-15,21-22H,7-8H2,1-6H3,(H,24,26)/t21-,22-/m1/s1. The molecule has 0 fully saturated rings. The third-order valence-electron chi connectivity index (χ3n) is 5.14. The number of nitrogens with zero attached hydrogens (tertiary/aromatic N) is 1. The van der Waals surface area contributed by atoms with Crippen molar-refractivity contribution < 1.29 is 13.2 Å². The molecule has 2 aromatic carbocycles. The van der Waals surface area contributed by atoms with Crippen LogP contribution >= 0.6 is 0 Å². The molecule has 0 aliphatic heterocycles. The van der Waals surface area contributed by atoms with Gasteiger partial charge in [-0.25, -0.2) is 8.42 Å². The molecule has 0 aliphatic rings. The van der Waals surface area contributed by atoms with Crippen molar-refractivity contribution in [2.24, 2.45) is 0 Å². The first kappa shape index (κ1) is 22.9. The van der Waals surface area contributed by atoms with E-state index in [1.54, 1.807) is 12.1 Å². The molecule has 0 heterocycles. The Bertz CT molecular complexity index is 953. The van der Waals surface area contributed by atoms with E-state index < -0.39 is 16.1 Å². The van der Waals surface area contributed by atoms with E-state index in [9.17, 15) is 13.2 Å². The van der Waals surface area contributed by atoms with Gasteiger partial charge in [-0.2, -0.15) is 0 Å². The molecule has 0 saturated carbocycles. The van der Waals surface area contributed by atoms with E-state index in [1.807, 2.05) is 58.9 Å². The lowest BCUT2D eigenvalue weighted by Gasteiger charge is -2.31. The van der Waals surface area contributed by atoms with Gasteiger partial charge in [-0.1, -0.05) is 55.3 Å². The number of nitrogens with one attached hydrogen (secondary N) is 1. The number of sulfonamides is 1. The zero-order valence-corrected chi connectivity index (χ0v) is 19.0. The Morgan fingerprint density at radius 3 is 2.03 bits per heavy atom. The van der Waals surface area contributed by atoms with Gasteiger partial charge in [0.1, 0.15) is 6.04 Å². The van der Waals surface area contributed by atoms with Gasteiger partial charge in [-0.05, 0) is 56.9 Å². The maximum atomic E-state index is 13.2. The van der Waals surface area contributed by atoms with Gasteiger partial charge in [-0.3, -0.25) is 9.10 Å². The zero-order chi connectivity index (χ0) is 21.8. The molecule has 0 unspecified atom stereocenters. The lowest BCUT2D eigenvalue weighted by Crippen LogP contribution is -2.50. The molecule has 0 aliphatic carbocycles. The van der Waals surface area contributed by atoms with Gasteiger partial charge < -0.3 is 5.32 Å². The van der Waals surface area contributed by atoms with Gasteiger partial charge in [-0.15, -0.1) is 0 Å². The lowest BCUT2D eigenvalue weighted by molar-refractivity contribution is -0.123. The molecule has 0 saturated heterocycles. The molecule has 2 atom stereocenters. The van der Waals surface area contributed by atoms with Crippen LogP contribution in [0.1, 0.15) is 55.0 Å². The van der Waals surface area contributed by atoms with Crippen molar-refractivity contribution in [3.05, 3.63) is 64.7 Å². The second-order valence-corrected chi connectivity index (χ2v) is 9.51. The van der Waals surface area contributed by atoms with Crippen LogP contribution in [0.15, 0.2) is 42.5 Å². The number of anilines is 1. The molecular weight excluding hydrogens is 384 g/mol. The van der Waals surface area contributed by atoms with Gasteiger partial charge in [0.05, 0.1) is 18.0 Å². The summed E-state index contributed by atoms with van der Waals surface area (Å²) in [4.78, 5) is 13.2. The Kier molecular flexibility index (Phi) is 7.47. The van der Waals surface area contributed by atoms with Crippen LogP contribution in [0.3, 0.4) is 0 Å². The number of hydrogen-bond donors (Lipinski definition) is 1. The predicted octanol–water partition coefficient (Wildman–Crippen LogP) is 4.42. The quantitative estimate of drug-likeness (QED) is 0.692. The van der Waals surface area contributed by atoms with E-state index in [-0.39, 0.29) is 11.9 Å². The first-order valence-corrected chi connectivity index (χ1v) is 11.9. The van der Waals surface area contributed by atoms with Gasteiger partial charge >= 0.3 is 0 Å². The van der Waals surface area contributed by atoms with Crippen LogP contribution in [0, 0.1) is 20.8 Å². The number of aryl methyl sites for hydroxylation is 3. The Hall–Kier alpha value is -2.34.